The van der Waals surface area contributed by atoms with E-state index in [0.29, 0.717) is 5.82 Å². The second-order valence-electron chi connectivity index (χ2n) is 5.54. The molecule has 0 saturated heterocycles. The van der Waals surface area contributed by atoms with Crippen LogP contribution in [0.2, 0.25) is 0 Å². The number of benzene rings is 2. The standard InChI is InChI=1S/C20H20N2O2/c1-2-3-12-24-17-10-8-15(9-11-17)20-21-13-16(14-22-20)18-6-4-5-7-19(18)23/h4-11,13-14,23H,2-3,12H2,1H3. The Morgan fingerprint density at radius 1 is 0.917 bits per heavy atom. The Labute approximate surface area is 141 Å². The van der Waals surface area contributed by atoms with Crippen molar-refractivity contribution in [2.75, 3.05) is 6.61 Å². The topological polar surface area (TPSA) is 55.2 Å². The molecular weight excluding hydrogens is 300 g/mol. The molecule has 0 aliphatic heterocycles. The average Bonchev–Trinajstić information content (AvgIpc) is 2.63. The van der Waals surface area contributed by atoms with Gasteiger partial charge in [0.25, 0.3) is 0 Å². The van der Waals surface area contributed by atoms with Crippen LogP contribution in [-0.4, -0.2) is 21.7 Å². The Kier molecular flexibility index (Phi) is 5.06. The Morgan fingerprint density at radius 3 is 2.29 bits per heavy atom. The van der Waals surface area contributed by atoms with E-state index >= 15 is 0 Å². The molecule has 0 unspecified atom stereocenters. The number of phenolic OH excluding ortho intramolecular Hbond substituents is 1. The zero-order valence-electron chi connectivity index (χ0n) is 13.6. The third-order valence-corrected chi connectivity index (χ3v) is 3.75. The van der Waals surface area contributed by atoms with Gasteiger partial charge in [-0.1, -0.05) is 31.5 Å². The van der Waals surface area contributed by atoms with Gasteiger partial charge >= 0.3 is 0 Å². The van der Waals surface area contributed by atoms with E-state index in [2.05, 4.69) is 16.9 Å². The summed E-state index contributed by atoms with van der Waals surface area (Å²) in [4.78, 5) is 8.82. The second-order valence-corrected chi connectivity index (χ2v) is 5.54. The molecule has 1 aromatic heterocycles. The quantitative estimate of drug-likeness (QED) is 0.669. The van der Waals surface area contributed by atoms with Gasteiger partial charge in [-0.15, -0.1) is 0 Å². The molecule has 0 aliphatic carbocycles. The van der Waals surface area contributed by atoms with Crippen molar-refractivity contribution >= 4 is 0 Å². The van der Waals surface area contributed by atoms with Crippen molar-refractivity contribution in [3.8, 4) is 34.0 Å². The molecule has 3 rings (SSSR count). The summed E-state index contributed by atoms with van der Waals surface area (Å²) >= 11 is 0. The molecular formula is C20H20N2O2. The average molecular weight is 320 g/mol. The third kappa shape index (κ3) is 3.71. The number of phenols is 1. The van der Waals surface area contributed by atoms with Crippen molar-refractivity contribution in [1.29, 1.82) is 0 Å². The highest BCUT2D eigenvalue weighted by Crippen LogP contribution is 2.28. The molecule has 122 valence electrons. The predicted molar refractivity (Wildman–Crippen MR) is 95.0 cm³/mol. The largest absolute Gasteiger partial charge is 0.507 e. The maximum Gasteiger partial charge on any atom is 0.159 e. The van der Waals surface area contributed by atoms with Gasteiger partial charge in [0.2, 0.25) is 0 Å². The lowest BCUT2D eigenvalue weighted by Crippen LogP contribution is -1.96. The van der Waals surface area contributed by atoms with Crippen molar-refractivity contribution in [3.05, 3.63) is 60.9 Å². The summed E-state index contributed by atoms with van der Waals surface area (Å²) in [6, 6.07) is 14.9. The van der Waals surface area contributed by atoms with Gasteiger partial charge in [0, 0.05) is 29.1 Å². The molecule has 4 nitrogen and oxygen atoms in total. The molecule has 1 heterocycles. The van der Waals surface area contributed by atoms with E-state index < -0.39 is 0 Å². The van der Waals surface area contributed by atoms with Gasteiger partial charge in [0.15, 0.2) is 5.82 Å². The van der Waals surface area contributed by atoms with Crippen LogP contribution in [0.15, 0.2) is 60.9 Å². The van der Waals surface area contributed by atoms with Crippen molar-refractivity contribution < 1.29 is 9.84 Å². The molecule has 0 spiro atoms. The first-order valence-electron chi connectivity index (χ1n) is 8.11. The highest BCUT2D eigenvalue weighted by molar-refractivity contribution is 5.69. The van der Waals surface area contributed by atoms with Gasteiger partial charge in [0.05, 0.1) is 6.61 Å². The number of rotatable bonds is 6. The zero-order chi connectivity index (χ0) is 16.8. The molecule has 0 bridgehead atoms. The number of aromatic hydroxyl groups is 1. The molecule has 0 fully saturated rings. The smallest absolute Gasteiger partial charge is 0.159 e. The van der Waals surface area contributed by atoms with Crippen LogP contribution in [0.3, 0.4) is 0 Å². The highest BCUT2D eigenvalue weighted by Gasteiger charge is 2.06. The van der Waals surface area contributed by atoms with E-state index in [1.54, 1.807) is 24.5 Å². The second kappa shape index (κ2) is 7.59. The van der Waals surface area contributed by atoms with Crippen LogP contribution in [0.4, 0.5) is 0 Å². The molecule has 0 aliphatic rings. The van der Waals surface area contributed by atoms with Crippen LogP contribution in [0, 0.1) is 0 Å². The molecule has 2 aromatic carbocycles. The summed E-state index contributed by atoms with van der Waals surface area (Å²) in [6.07, 6.45) is 5.62. The highest BCUT2D eigenvalue weighted by atomic mass is 16.5. The zero-order valence-corrected chi connectivity index (χ0v) is 13.6. The minimum atomic E-state index is 0.224. The lowest BCUT2D eigenvalue weighted by molar-refractivity contribution is 0.309. The molecule has 0 atom stereocenters. The van der Waals surface area contributed by atoms with Crippen molar-refractivity contribution in [2.45, 2.75) is 19.8 Å². The fraction of sp³-hybridized carbons (Fsp3) is 0.200. The van der Waals surface area contributed by atoms with Crippen LogP contribution in [-0.2, 0) is 0 Å². The summed E-state index contributed by atoms with van der Waals surface area (Å²) in [7, 11) is 0. The number of nitrogens with zero attached hydrogens (tertiary/aromatic N) is 2. The number of unbranched alkanes of at least 4 members (excludes halogenated alkanes) is 1. The maximum absolute atomic E-state index is 9.90. The molecule has 24 heavy (non-hydrogen) atoms. The molecule has 0 radical (unpaired) electrons. The van der Waals surface area contributed by atoms with Gasteiger partial charge < -0.3 is 9.84 Å². The van der Waals surface area contributed by atoms with E-state index in [-0.39, 0.29) is 5.75 Å². The van der Waals surface area contributed by atoms with Crippen LogP contribution in [0.5, 0.6) is 11.5 Å². The fourth-order valence-corrected chi connectivity index (χ4v) is 2.37. The van der Waals surface area contributed by atoms with E-state index in [9.17, 15) is 5.11 Å². The Balaban J connectivity index is 1.75. The van der Waals surface area contributed by atoms with Crippen LogP contribution in [0.25, 0.3) is 22.5 Å². The number of hydrogen-bond acceptors (Lipinski definition) is 4. The van der Waals surface area contributed by atoms with Gasteiger partial charge in [0.1, 0.15) is 11.5 Å². The monoisotopic (exact) mass is 320 g/mol. The minimum absolute atomic E-state index is 0.224. The molecule has 0 saturated carbocycles. The van der Waals surface area contributed by atoms with Gasteiger partial charge in [-0.3, -0.25) is 0 Å². The van der Waals surface area contributed by atoms with Gasteiger partial charge in [-0.2, -0.15) is 0 Å². The predicted octanol–water partition coefficient (Wildman–Crippen LogP) is 4.70. The van der Waals surface area contributed by atoms with Gasteiger partial charge in [-0.25, -0.2) is 9.97 Å². The van der Waals surface area contributed by atoms with E-state index in [1.165, 1.54) is 0 Å². The van der Waals surface area contributed by atoms with Crippen LogP contribution < -0.4 is 4.74 Å². The maximum atomic E-state index is 9.90. The molecule has 1 N–H and O–H groups in total. The third-order valence-electron chi connectivity index (χ3n) is 3.75. The SMILES string of the molecule is CCCCOc1ccc(-c2ncc(-c3ccccc3O)cn2)cc1. The number of para-hydroxylation sites is 1. The number of ether oxygens (including phenoxy) is 1. The van der Waals surface area contributed by atoms with E-state index in [4.69, 9.17) is 4.74 Å². The molecule has 4 heteroatoms. The normalized spacial score (nSPS) is 10.5. The fourth-order valence-electron chi connectivity index (χ4n) is 2.37. The summed E-state index contributed by atoms with van der Waals surface area (Å²) < 4.78 is 5.66. The van der Waals surface area contributed by atoms with E-state index in [1.807, 2.05) is 36.4 Å². The lowest BCUT2D eigenvalue weighted by Gasteiger charge is -2.07. The summed E-state index contributed by atoms with van der Waals surface area (Å²) in [6.45, 7) is 2.88. The Hall–Kier alpha value is -2.88. The first-order valence-corrected chi connectivity index (χ1v) is 8.11. The first-order chi connectivity index (χ1) is 11.8. The number of hydrogen-bond donors (Lipinski definition) is 1. The minimum Gasteiger partial charge on any atom is -0.507 e. The van der Waals surface area contributed by atoms with Crippen LogP contribution in [0.1, 0.15) is 19.8 Å². The first kappa shape index (κ1) is 16.0. The summed E-state index contributed by atoms with van der Waals surface area (Å²) in [5.41, 5.74) is 2.45. The van der Waals surface area contributed by atoms with E-state index in [0.717, 1.165) is 41.9 Å². The molecule has 3 aromatic rings. The Bertz CT molecular complexity index is 783. The number of aromatic nitrogens is 2. The molecule has 0 amide bonds. The van der Waals surface area contributed by atoms with Gasteiger partial charge in [-0.05, 0) is 36.8 Å². The Morgan fingerprint density at radius 2 is 1.62 bits per heavy atom. The lowest BCUT2D eigenvalue weighted by atomic mass is 10.1. The van der Waals surface area contributed by atoms with Crippen molar-refractivity contribution in [1.82, 2.24) is 9.97 Å². The summed E-state index contributed by atoms with van der Waals surface area (Å²) in [5.74, 6) is 1.73. The summed E-state index contributed by atoms with van der Waals surface area (Å²) in [5, 5.41) is 9.90. The van der Waals surface area contributed by atoms with Crippen molar-refractivity contribution in [2.24, 2.45) is 0 Å². The van der Waals surface area contributed by atoms with Crippen molar-refractivity contribution in [3.63, 3.8) is 0 Å². The van der Waals surface area contributed by atoms with Crippen LogP contribution >= 0.6 is 0 Å².